The molecule has 0 saturated heterocycles. The van der Waals surface area contributed by atoms with Gasteiger partial charge in [0.15, 0.2) is 11.0 Å². The molecular formula is C23H32N4O2S. The van der Waals surface area contributed by atoms with E-state index in [2.05, 4.69) is 35.9 Å². The van der Waals surface area contributed by atoms with Crippen molar-refractivity contribution in [1.29, 1.82) is 0 Å². The van der Waals surface area contributed by atoms with Crippen molar-refractivity contribution >= 4 is 17.7 Å². The molecule has 1 fully saturated rings. The van der Waals surface area contributed by atoms with E-state index in [0.29, 0.717) is 29.4 Å². The molecule has 1 aliphatic rings. The van der Waals surface area contributed by atoms with Crippen molar-refractivity contribution in [2.24, 2.45) is 11.8 Å². The van der Waals surface area contributed by atoms with Gasteiger partial charge in [-0.3, -0.25) is 9.36 Å². The lowest BCUT2D eigenvalue weighted by molar-refractivity contribution is -0.121. The average molecular weight is 429 g/mol. The Morgan fingerprint density at radius 2 is 2.13 bits per heavy atom. The van der Waals surface area contributed by atoms with Gasteiger partial charge in [-0.15, -0.1) is 16.8 Å². The zero-order chi connectivity index (χ0) is 21.7. The highest BCUT2D eigenvalue weighted by Crippen LogP contribution is 2.33. The fourth-order valence-corrected chi connectivity index (χ4v) is 4.86. The highest BCUT2D eigenvalue weighted by atomic mass is 32.2. The number of rotatable bonds is 8. The molecular weight excluding hydrogens is 396 g/mol. The number of amides is 1. The summed E-state index contributed by atoms with van der Waals surface area (Å²) in [4.78, 5) is 12.9. The van der Waals surface area contributed by atoms with Crippen molar-refractivity contribution in [2.75, 3.05) is 7.11 Å². The maximum Gasteiger partial charge on any atom is 0.233 e. The lowest BCUT2D eigenvalue weighted by Crippen LogP contribution is -2.46. The number of hydrogen-bond donors (Lipinski definition) is 1. The van der Waals surface area contributed by atoms with Crippen LogP contribution in [0.4, 0.5) is 0 Å². The Morgan fingerprint density at radius 1 is 1.37 bits per heavy atom. The van der Waals surface area contributed by atoms with Crippen molar-refractivity contribution in [3.05, 3.63) is 36.9 Å². The second-order valence-electron chi connectivity index (χ2n) is 8.05. The van der Waals surface area contributed by atoms with Gasteiger partial charge >= 0.3 is 0 Å². The van der Waals surface area contributed by atoms with Gasteiger partial charge in [0, 0.05) is 12.6 Å². The van der Waals surface area contributed by atoms with Gasteiger partial charge in [-0.05, 0) is 37.3 Å². The van der Waals surface area contributed by atoms with E-state index < -0.39 is 0 Å². The molecule has 0 aliphatic heterocycles. The largest absolute Gasteiger partial charge is 0.496 e. The zero-order valence-corrected chi connectivity index (χ0v) is 19.1. The SMILES string of the molecule is C=CCn1c(S[C@@H](C)C(=O)N[C@H]2CCC[C@@H](C)[C@@H]2C)nnc1-c1ccccc1OC. The lowest BCUT2D eigenvalue weighted by atomic mass is 9.78. The minimum absolute atomic E-state index is 0.0537. The summed E-state index contributed by atoms with van der Waals surface area (Å²) < 4.78 is 7.46. The number of para-hydroxylation sites is 1. The fourth-order valence-electron chi connectivity index (χ4n) is 4.00. The Bertz CT molecular complexity index is 882. The number of nitrogens with zero attached hydrogens (tertiary/aromatic N) is 3. The Hall–Kier alpha value is -2.28. The third kappa shape index (κ3) is 4.89. The normalized spacial score (nSPS) is 22.3. The van der Waals surface area contributed by atoms with Crippen LogP contribution in [0.5, 0.6) is 5.75 Å². The quantitative estimate of drug-likeness (QED) is 0.493. The second kappa shape index (κ2) is 10.2. The first-order valence-corrected chi connectivity index (χ1v) is 11.5. The first-order chi connectivity index (χ1) is 14.5. The van der Waals surface area contributed by atoms with Gasteiger partial charge in [-0.2, -0.15) is 0 Å². The van der Waals surface area contributed by atoms with Crippen molar-refractivity contribution in [3.8, 4) is 17.1 Å². The van der Waals surface area contributed by atoms with Crippen LogP contribution in [0.3, 0.4) is 0 Å². The molecule has 0 spiro atoms. The molecule has 0 radical (unpaired) electrons. The van der Waals surface area contributed by atoms with Crippen LogP contribution in [-0.2, 0) is 11.3 Å². The Labute approximate surface area is 183 Å². The number of methoxy groups -OCH3 is 1. The van der Waals surface area contributed by atoms with E-state index in [9.17, 15) is 4.79 Å². The summed E-state index contributed by atoms with van der Waals surface area (Å²) in [5.74, 6) is 2.64. The first kappa shape index (κ1) is 22.4. The number of nitrogens with one attached hydrogen (secondary N) is 1. The van der Waals surface area contributed by atoms with Gasteiger partial charge in [0.25, 0.3) is 0 Å². The molecule has 1 heterocycles. The van der Waals surface area contributed by atoms with E-state index in [-0.39, 0.29) is 17.2 Å². The summed E-state index contributed by atoms with van der Waals surface area (Å²) in [5, 5.41) is 12.5. The van der Waals surface area contributed by atoms with E-state index in [4.69, 9.17) is 4.74 Å². The molecule has 1 saturated carbocycles. The number of thioether (sulfide) groups is 1. The molecule has 1 aromatic heterocycles. The summed E-state index contributed by atoms with van der Waals surface area (Å²) in [5.41, 5.74) is 0.864. The van der Waals surface area contributed by atoms with Crippen LogP contribution in [0.25, 0.3) is 11.4 Å². The molecule has 4 atom stereocenters. The van der Waals surface area contributed by atoms with E-state index in [1.54, 1.807) is 7.11 Å². The zero-order valence-electron chi connectivity index (χ0n) is 18.3. The van der Waals surface area contributed by atoms with Crippen LogP contribution in [0, 0.1) is 11.8 Å². The van der Waals surface area contributed by atoms with Crippen LogP contribution >= 0.6 is 11.8 Å². The summed E-state index contributed by atoms with van der Waals surface area (Å²) >= 11 is 1.43. The van der Waals surface area contributed by atoms with Crippen LogP contribution in [0.2, 0.25) is 0 Å². The molecule has 162 valence electrons. The van der Waals surface area contributed by atoms with Crippen molar-refractivity contribution in [1.82, 2.24) is 20.1 Å². The maximum absolute atomic E-state index is 12.9. The number of benzene rings is 1. The Balaban J connectivity index is 1.76. The molecule has 0 bridgehead atoms. The highest BCUT2D eigenvalue weighted by molar-refractivity contribution is 8.00. The smallest absolute Gasteiger partial charge is 0.233 e. The summed E-state index contributed by atoms with van der Waals surface area (Å²) in [7, 11) is 1.64. The van der Waals surface area contributed by atoms with E-state index in [0.717, 1.165) is 17.7 Å². The summed E-state index contributed by atoms with van der Waals surface area (Å²) in [6, 6.07) is 7.97. The van der Waals surface area contributed by atoms with Crippen LogP contribution in [0.1, 0.15) is 40.0 Å². The average Bonchev–Trinajstić information content (AvgIpc) is 3.13. The third-order valence-corrected chi connectivity index (χ3v) is 7.14. The number of hydrogen-bond acceptors (Lipinski definition) is 5. The molecule has 1 aromatic carbocycles. The molecule has 0 unspecified atom stereocenters. The van der Waals surface area contributed by atoms with E-state index in [1.165, 1.54) is 24.6 Å². The molecule has 3 rings (SSSR count). The van der Waals surface area contributed by atoms with Crippen molar-refractivity contribution < 1.29 is 9.53 Å². The van der Waals surface area contributed by atoms with Gasteiger partial charge in [0.05, 0.1) is 17.9 Å². The minimum atomic E-state index is -0.271. The summed E-state index contributed by atoms with van der Waals surface area (Å²) in [6.45, 7) is 10.9. The van der Waals surface area contributed by atoms with Crippen molar-refractivity contribution in [3.63, 3.8) is 0 Å². The Morgan fingerprint density at radius 3 is 2.87 bits per heavy atom. The molecule has 6 nitrogen and oxygen atoms in total. The number of aromatic nitrogens is 3. The molecule has 30 heavy (non-hydrogen) atoms. The van der Waals surface area contributed by atoms with Crippen LogP contribution in [0.15, 0.2) is 42.1 Å². The standard InChI is InChI=1S/C23H32N4O2S/c1-6-14-27-21(18-11-7-8-13-20(18)29-5)25-26-23(27)30-17(4)22(28)24-19-12-9-10-15(2)16(19)3/h6-8,11,13,15-17,19H,1,9-10,12,14H2,2-5H3,(H,24,28)/t15-,16+,17+,19+/m1/s1. The molecule has 7 heteroatoms. The third-order valence-electron chi connectivity index (χ3n) is 6.06. The van der Waals surface area contributed by atoms with Crippen molar-refractivity contribution in [2.45, 2.75) is 63.0 Å². The van der Waals surface area contributed by atoms with Gasteiger partial charge in [0.2, 0.25) is 5.91 Å². The molecule has 1 aliphatic carbocycles. The number of carbonyl (C=O) groups excluding carboxylic acids is 1. The van der Waals surface area contributed by atoms with Crippen LogP contribution in [-0.4, -0.2) is 39.1 Å². The molecule has 1 amide bonds. The number of ether oxygens (including phenoxy) is 1. The predicted octanol–water partition coefficient (Wildman–Crippen LogP) is 4.56. The van der Waals surface area contributed by atoms with Gasteiger partial charge < -0.3 is 10.1 Å². The van der Waals surface area contributed by atoms with Gasteiger partial charge in [-0.25, -0.2) is 0 Å². The first-order valence-electron chi connectivity index (χ1n) is 10.6. The highest BCUT2D eigenvalue weighted by Gasteiger charge is 2.30. The van der Waals surface area contributed by atoms with Gasteiger partial charge in [0.1, 0.15) is 5.75 Å². The monoisotopic (exact) mass is 428 g/mol. The van der Waals surface area contributed by atoms with Crippen LogP contribution < -0.4 is 10.1 Å². The minimum Gasteiger partial charge on any atom is -0.496 e. The Kier molecular flexibility index (Phi) is 7.58. The van der Waals surface area contributed by atoms with E-state index >= 15 is 0 Å². The molecule has 2 aromatic rings. The number of allylic oxidation sites excluding steroid dienone is 1. The predicted molar refractivity (Wildman–Crippen MR) is 122 cm³/mol. The van der Waals surface area contributed by atoms with Gasteiger partial charge in [-0.1, -0.05) is 56.7 Å². The summed E-state index contributed by atoms with van der Waals surface area (Å²) in [6.07, 6.45) is 5.28. The fraction of sp³-hybridized carbons (Fsp3) is 0.522. The topological polar surface area (TPSA) is 69.0 Å². The number of carbonyl (C=O) groups is 1. The second-order valence-corrected chi connectivity index (χ2v) is 9.36. The molecule has 1 N–H and O–H groups in total. The maximum atomic E-state index is 12.9. The van der Waals surface area contributed by atoms with E-state index in [1.807, 2.05) is 41.8 Å². The lowest BCUT2D eigenvalue weighted by Gasteiger charge is -2.35.